The van der Waals surface area contributed by atoms with Crippen molar-refractivity contribution < 1.29 is 18.7 Å². The third-order valence-electron chi connectivity index (χ3n) is 3.48. The van der Waals surface area contributed by atoms with Crippen LogP contribution in [0.15, 0.2) is 18.2 Å². The fraction of sp³-hybridized carbons (Fsp3) is 0.467. The van der Waals surface area contributed by atoms with Crippen LogP contribution in [-0.2, 0) is 14.3 Å². The molecule has 0 radical (unpaired) electrons. The maximum Gasteiger partial charge on any atom is 0.313 e. The third-order valence-corrected chi connectivity index (χ3v) is 3.48. The summed E-state index contributed by atoms with van der Waals surface area (Å²) in [5.74, 6) is -2.08. The van der Waals surface area contributed by atoms with Crippen LogP contribution in [0.4, 0.5) is 10.1 Å². The first-order chi connectivity index (χ1) is 9.99. The summed E-state index contributed by atoms with van der Waals surface area (Å²) in [4.78, 5) is 25.2. The lowest BCUT2D eigenvalue weighted by Crippen LogP contribution is -2.41. The minimum Gasteiger partial charge on any atom is -0.376 e. The molecule has 1 atom stereocenters. The van der Waals surface area contributed by atoms with Crippen molar-refractivity contribution in [2.45, 2.75) is 25.9 Å². The minimum atomic E-state index is -0.847. The van der Waals surface area contributed by atoms with Gasteiger partial charge in [0.25, 0.3) is 0 Å². The van der Waals surface area contributed by atoms with E-state index in [1.54, 1.807) is 19.1 Å². The van der Waals surface area contributed by atoms with Crippen LogP contribution in [-0.4, -0.2) is 43.0 Å². The molecule has 6 heteroatoms. The van der Waals surface area contributed by atoms with Crippen molar-refractivity contribution >= 4 is 17.5 Å². The number of carbonyl (C=O) groups excluding carboxylic acids is 2. The lowest BCUT2D eigenvalue weighted by atomic mass is 10.2. The maximum atomic E-state index is 13.8. The van der Waals surface area contributed by atoms with Gasteiger partial charge in [0.15, 0.2) is 0 Å². The SMILES string of the molecule is Cc1cccc(NC(=O)C(=O)N(C)C[C@@H]2CCCO2)c1F. The lowest BCUT2D eigenvalue weighted by Gasteiger charge is -2.20. The molecule has 0 bridgehead atoms. The summed E-state index contributed by atoms with van der Waals surface area (Å²) >= 11 is 0. The van der Waals surface area contributed by atoms with Gasteiger partial charge >= 0.3 is 11.8 Å². The number of ether oxygens (including phenoxy) is 1. The van der Waals surface area contributed by atoms with Crippen molar-refractivity contribution in [3.05, 3.63) is 29.6 Å². The Hall–Kier alpha value is -1.95. The second-order valence-corrected chi connectivity index (χ2v) is 5.21. The van der Waals surface area contributed by atoms with Gasteiger partial charge in [-0.25, -0.2) is 4.39 Å². The molecule has 0 spiro atoms. The number of hydrogen-bond donors (Lipinski definition) is 1. The number of nitrogens with one attached hydrogen (secondary N) is 1. The summed E-state index contributed by atoms with van der Waals surface area (Å²) in [6.45, 7) is 2.65. The summed E-state index contributed by atoms with van der Waals surface area (Å²) in [5, 5.41) is 2.31. The zero-order valence-corrected chi connectivity index (χ0v) is 12.2. The van der Waals surface area contributed by atoms with Crippen LogP contribution >= 0.6 is 0 Å². The van der Waals surface area contributed by atoms with Crippen molar-refractivity contribution in [2.75, 3.05) is 25.5 Å². The Morgan fingerprint density at radius 3 is 2.90 bits per heavy atom. The first-order valence-electron chi connectivity index (χ1n) is 6.92. The van der Waals surface area contributed by atoms with E-state index in [1.807, 2.05) is 0 Å². The zero-order chi connectivity index (χ0) is 15.4. The molecule has 0 unspecified atom stereocenters. The minimum absolute atomic E-state index is 0.0128. The van der Waals surface area contributed by atoms with Gasteiger partial charge < -0.3 is 15.0 Å². The molecule has 21 heavy (non-hydrogen) atoms. The number of hydrogen-bond acceptors (Lipinski definition) is 3. The van der Waals surface area contributed by atoms with Gasteiger partial charge in [-0.15, -0.1) is 0 Å². The van der Waals surface area contributed by atoms with Crippen molar-refractivity contribution in [2.24, 2.45) is 0 Å². The summed E-state index contributed by atoms with van der Waals surface area (Å²) in [7, 11) is 1.54. The van der Waals surface area contributed by atoms with Crippen LogP contribution in [0.2, 0.25) is 0 Å². The van der Waals surface area contributed by atoms with E-state index in [9.17, 15) is 14.0 Å². The standard InChI is InChI=1S/C15H19FN2O3/c1-10-5-3-7-12(13(10)16)17-14(19)15(20)18(2)9-11-6-4-8-21-11/h3,5,7,11H,4,6,8-9H2,1-2H3,(H,17,19)/t11-/m0/s1. The third kappa shape index (κ3) is 3.78. The van der Waals surface area contributed by atoms with E-state index in [-0.39, 0.29) is 11.8 Å². The molecule has 1 fully saturated rings. The summed E-state index contributed by atoms with van der Waals surface area (Å²) in [5.41, 5.74) is 0.423. The Kier molecular flexibility index (Phi) is 4.90. The number of aryl methyl sites for hydroxylation is 1. The predicted molar refractivity (Wildman–Crippen MR) is 76.4 cm³/mol. The van der Waals surface area contributed by atoms with Crippen LogP contribution in [0.1, 0.15) is 18.4 Å². The number of carbonyl (C=O) groups is 2. The molecule has 114 valence electrons. The zero-order valence-electron chi connectivity index (χ0n) is 12.2. The van der Waals surface area contributed by atoms with Crippen molar-refractivity contribution in [1.29, 1.82) is 0 Å². The Bertz CT molecular complexity index is 542. The van der Waals surface area contributed by atoms with E-state index in [0.717, 1.165) is 12.8 Å². The van der Waals surface area contributed by atoms with Gasteiger partial charge in [-0.1, -0.05) is 12.1 Å². The van der Waals surface area contributed by atoms with Crippen LogP contribution in [0, 0.1) is 12.7 Å². The highest BCUT2D eigenvalue weighted by Gasteiger charge is 2.24. The van der Waals surface area contributed by atoms with E-state index in [1.165, 1.54) is 18.0 Å². The highest BCUT2D eigenvalue weighted by molar-refractivity contribution is 6.39. The smallest absolute Gasteiger partial charge is 0.313 e. The molecule has 5 nitrogen and oxygen atoms in total. The van der Waals surface area contributed by atoms with Gasteiger partial charge in [-0.2, -0.15) is 0 Å². The molecular weight excluding hydrogens is 275 g/mol. The summed E-state index contributed by atoms with van der Waals surface area (Å²) < 4.78 is 19.2. The van der Waals surface area contributed by atoms with Crippen LogP contribution in [0.3, 0.4) is 0 Å². The lowest BCUT2D eigenvalue weighted by molar-refractivity contribution is -0.143. The van der Waals surface area contributed by atoms with E-state index in [2.05, 4.69) is 5.32 Å². The molecule has 1 aromatic rings. The summed E-state index contributed by atoms with van der Waals surface area (Å²) in [6, 6.07) is 4.64. The van der Waals surface area contributed by atoms with Gasteiger partial charge in [0.1, 0.15) is 5.82 Å². The molecule has 1 N–H and O–H groups in total. The molecule has 1 aromatic carbocycles. The van der Waals surface area contributed by atoms with Gasteiger partial charge in [0, 0.05) is 20.2 Å². The van der Waals surface area contributed by atoms with Gasteiger partial charge in [0.05, 0.1) is 11.8 Å². The van der Waals surface area contributed by atoms with Gasteiger partial charge in [0.2, 0.25) is 0 Å². The number of amides is 2. The molecule has 1 saturated heterocycles. The predicted octanol–water partition coefficient (Wildman–Crippen LogP) is 1.71. The average molecular weight is 294 g/mol. The number of rotatable bonds is 3. The van der Waals surface area contributed by atoms with Crippen LogP contribution in [0.25, 0.3) is 0 Å². The highest BCUT2D eigenvalue weighted by atomic mass is 19.1. The average Bonchev–Trinajstić information content (AvgIpc) is 2.95. The number of anilines is 1. The highest BCUT2D eigenvalue weighted by Crippen LogP contribution is 2.17. The molecule has 1 aliphatic heterocycles. The maximum absolute atomic E-state index is 13.8. The monoisotopic (exact) mass is 294 g/mol. The molecular formula is C15H19FN2O3. The first kappa shape index (κ1) is 15.4. The molecule has 0 aromatic heterocycles. The first-order valence-corrected chi connectivity index (χ1v) is 6.92. The molecule has 0 saturated carbocycles. The topological polar surface area (TPSA) is 58.6 Å². The van der Waals surface area contributed by atoms with Crippen molar-refractivity contribution in [3.63, 3.8) is 0 Å². The number of benzene rings is 1. The fourth-order valence-electron chi connectivity index (χ4n) is 2.27. The van der Waals surface area contributed by atoms with Gasteiger partial charge in [-0.05, 0) is 31.4 Å². The molecule has 1 heterocycles. The quantitative estimate of drug-likeness (QED) is 0.863. The number of nitrogens with zero attached hydrogens (tertiary/aromatic N) is 1. The van der Waals surface area contributed by atoms with E-state index in [0.29, 0.717) is 18.7 Å². The Labute approximate surface area is 123 Å². The van der Waals surface area contributed by atoms with Crippen molar-refractivity contribution in [1.82, 2.24) is 4.90 Å². The second-order valence-electron chi connectivity index (χ2n) is 5.21. The van der Waals surface area contributed by atoms with E-state index >= 15 is 0 Å². The van der Waals surface area contributed by atoms with E-state index in [4.69, 9.17) is 4.74 Å². The molecule has 0 aliphatic carbocycles. The Balaban J connectivity index is 1.95. The number of halogens is 1. The van der Waals surface area contributed by atoms with Crippen LogP contribution < -0.4 is 5.32 Å². The van der Waals surface area contributed by atoms with E-state index < -0.39 is 17.6 Å². The Morgan fingerprint density at radius 1 is 1.48 bits per heavy atom. The Morgan fingerprint density at radius 2 is 2.24 bits per heavy atom. The number of likely N-dealkylation sites (N-methyl/N-ethyl adjacent to an activating group) is 1. The molecule has 1 aliphatic rings. The largest absolute Gasteiger partial charge is 0.376 e. The summed E-state index contributed by atoms with van der Waals surface area (Å²) in [6.07, 6.45) is 1.82. The van der Waals surface area contributed by atoms with Crippen molar-refractivity contribution in [3.8, 4) is 0 Å². The molecule has 2 amide bonds. The van der Waals surface area contributed by atoms with Crippen LogP contribution in [0.5, 0.6) is 0 Å². The fourth-order valence-corrected chi connectivity index (χ4v) is 2.27. The molecule has 2 rings (SSSR count). The van der Waals surface area contributed by atoms with Gasteiger partial charge in [-0.3, -0.25) is 9.59 Å². The normalized spacial score (nSPS) is 17.6. The second kappa shape index (κ2) is 6.67.